The molecule has 1 heterocycles. The zero-order valence-electron chi connectivity index (χ0n) is 9.48. The van der Waals surface area contributed by atoms with E-state index >= 15 is 0 Å². The summed E-state index contributed by atoms with van der Waals surface area (Å²) < 4.78 is 0. The van der Waals surface area contributed by atoms with E-state index in [9.17, 15) is 10.2 Å². The molecule has 0 aliphatic heterocycles. The Morgan fingerprint density at radius 1 is 1.44 bits per heavy atom. The van der Waals surface area contributed by atoms with Gasteiger partial charge in [0.1, 0.15) is 5.82 Å². The molecule has 0 aliphatic rings. The van der Waals surface area contributed by atoms with Crippen molar-refractivity contribution in [3.63, 3.8) is 0 Å². The monoisotopic (exact) mass is 225 g/mol. The van der Waals surface area contributed by atoms with E-state index in [1.165, 1.54) is 0 Å². The van der Waals surface area contributed by atoms with E-state index in [1.807, 2.05) is 13.0 Å². The summed E-state index contributed by atoms with van der Waals surface area (Å²) in [4.78, 5) is 4.16. The van der Waals surface area contributed by atoms with Gasteiger partial charge >= 0.3 is 0 Å². The lowest BCUT2D eigenvalue weighted by atomic mass is 9.98. The molecule has 1 rings (SSSR count). The third-order valence-electron chi connectivity index (χ3n) is 2.78. The molecule has 0 amide bonds. The SMILES string of the molecule is CCC(CO)(CO)Nc1ncccc1CN. The number of aromatic nitrogens is 1. The molecule has 0 atom stereocenters. The van der Waals surface area contributed by atoms with Crippen LogP contribution in [0.3, 0.4) is 0 Å². The Morgan fingerprint density at radius 2 is 2.12 bits per heavy atom. The van der Waals surface area contributed by atoms with Crippen molar-refractivity contribution < 1.29 is 10.2 Å². The van der Waals surface area contributed by atoms with Gasteiger partial charge < -0.3 is 21.3 Å². The van der Waals surface area contributed by atoms with Crippen LogP contribution in [0, 0.1) is 0 Å². The summed E-state index contributed by atoms with van der Waals surface area (Å²) >= 11 is 0. The predicted molar refractivity (Wildman–Crippen MR) is 62.9 cm³/mol. The number of nitrogens with one attached hydrogen (secondary N) is 1. The third-order valence-corrected chi connectivity index (χ3v) is 2.78. The number of hydrogen-bond donors (Lipinski definition) is 4. The lowest BCUT2D eigenvalue weighted by Crippen LogP contribution is -2.45. The van der Waals surface area contributed by atoms with Crippen LogP contribution in [-0.4, -0.2) is 33.9 Å². The molecular formula is C11H19N3O2. The molecule has 1 aromatic heterocycles. The molecule has 0 unspecified atom stereocenters. The molecule has 0 bridgehead atoms. The summed E-state index contributed by atoms with van der Waals surface area (Å²) in [5, 5.41) is 21.7. The fourth-order valence-corrected chi connectivity index (χ4v) is 1.41. The molecule has 1 aromatic rings. The number of nitrogens with zero attached hydrogens (tertiary/aromatic N) is 1. The second-order valence-corrected chi connectivity index (χ2v) is 3.79. The van der Waals surface area contributed by atoms with E-state index in [0.717, 1.165) is 5.56 Å². The van der Waals surface area contributed by atoms with Crippen molar-refractivity contribution in [3.05, 3.63) is 23.9 Å². The first-order valence-electron chi connectivity index (χ1n) is 5.35. The Kier molecular flexibility index (Phi) is 4.67. The Morgan fingerprint density at radius 3 is 2.62 bits per heavy atom. The molecule has 5 N–H and O–H groups in total. The van der Waals surface area contributed by atoms with E-state index in [4.69, 9.17) is 5.73 Å². The predicted octanol–water partition coefficient (Wildman–Crippen LogP) is 0.0856. The van der Waals surface area contributed by atoms with Crippen LogP contribution in [-0.2, 0) is 6.54 Å². The van der Waals surface area contributed by atoms with Gasteiger partial charge in [0.15, 0.2) is 0 Å². The summed E-state index contributed by atoms with van der Waals surface area (Å²) in [6.07, 6.45) is 2.25. The first-order chi connectivity index (χ1) is 7.71. The molecule has 0 saturated heterocycles. The molecular weight excluding hydrogens is 206 g/mol. The van der Waals surface area contributed by atoms with Crippen LogP contribution < -0.4 is 11.1 Å². The fourth-order valence-electron chi connectivity index (χ4n) is 1.41. The van der Waals surface area contributed by atoms with Crippen LogP contribution in [0.4, 0.5) is 5.82 Å². The molecule has 0 aromatic carbocycles. The van der Waals surface area contributed by atoms with Crippen molar-refractivity contribution in [3.8, 4) is 0 Å². The summed E-state index contributed by atoms with van der Waals surface area (Å²) in [5.41, 5.74) is 5.71. The van der Waals surface area contributed by atoms with Crippen molar-refractivity contribution in [2.75, 3.05) is 18.5 Å². The molecule has 0 saturated carbocycles. The zero-order chi connectivity index (χ0) is 12.0. The van der Waals surface area contributed by atoms with Crippen molar-refractivity contribution in [2.45, 2.75) is 25.4 Å². The summed E-state index contributed by atoms with van der Waals surface area (Å²) in [7, 11) is 0. The van der Waals surface area contributed by atoms with Gasteiger partial charge in [-0.05, 0) is 12.5 Å². The minimum atomic E-state index is -0.738. The highest BCUT2D eigenvalue weighted by molar-refractivity contribution is 5.46. The number of rotatable bonds is 6. The van der Waals surface area contributed by atoms with Crippen LogP contribution in [0.5, 0.6) is 0 Å². The highest BCUT2D eigenvalue weighted by Crippen LogP contribution is 2.19. The van der Waals surface area contributed by atoms with Gasteiger partial charge in [-0.1, -0.05) is 13.0 Å². The van der Waals surface area contributed by atoms with Gasteiger partial charge in [0, 0.05) is 18.3 Å². The number of aliphatic hydroxyl groups is 2. The Hall–Kier alpha value is -1.17. The van der Waals surface area contributed by atoms with Gasteiger partial charge in [0.05, 0.1) is 18.8 Å². The number of nitrogens with two attached hydrogens (primary N) is 1. The summed E-state index contributed by atoms with van der Waals surface area (Å²) in [5.74, 6) is 0.620. The maximum atomic E-state index is 9.32. The van der Waals surface area contributed by atoms with Gasteiger partial charge in [-0.25, -0.2) is 4.98 Å². The third kappa shape index (κ3) is 2.69. The average molecular weight is 225 g/mol. The quantitative estimate of drug-likeness (QED) is 0.550. The first-order valence-corrected chi connectivity index (χ1v) is 5.35. The molecule has 5 nitrogen and oxygen atoms in total. The van der Waals surface area contributed by atoms with E-state index in [2.05, 4.69) is 10.3 Å². The average Bonchev–Trinajstić information content (AvgIpc) is 2.36. The highest BCUT2D eigenvalue weighted by atomic mass is 16.3. The standard InChI is InChI=1S/C11H19N3O2/c1-2-11(7-15,8-16)14-10-9(6-12)4-3-5-13-10/h3-5,15-16H,2,6-8,12H2,1H3,(H,13,14). The molecule has 16 heavy (non-hydrogen) atoms. The van der Waals surface area contributed by atoms with Gasteiger partial charge in [0.25, 0.3) is 0 Å². The van der Waals surface area contributed by atoms with Crippen LogP contribution in [0.2, 0.25) is 0 Å². The zero-order valence-corrected chi connectivity index (χ0v) is 9.48. The summed E-state index contributed by atoms with van der Waals surface area (Å²) in [6.45, 7) is 1.96. The van der Waals surface area contributed by atoms with Crippen molar-refractivity contribution in [1.82, 2.24) is 4.98 Å². The van der Waals surface area contributed by atoms with E-state index < -0.39 is 5.54 Å². The molecule has 0 radical (unpaired) electrons. The number of pyridine rings is 1. The van der Waals surface area contributed by atoms with Crippen molar-refractivity contribution in [2.24, 2.45) is 5.73 Å². The number of hydrogen-bond acceptors (Lipinski definition) is 5. The van der Waals surface area contributed by atoms with Crippen LogP contribution >= 0.6 is 0 Å². The smallest absolute Gasteiger partial charge is 0.131 e. The second-order valence-electron chi connectivity index (χ2n) is 3.79. The van der Waals surface area contributed by atoms with Crippen molar-refractivity contribution >= 4 is 5.82 Å². The van der Waals surface area contributed by atoms with Gasteiger partial charge in [0.2, 0.25) is 0 Å². The van der Waals surface area contributed by atoms with E-state index in [0.29, 0.717) is 18.8 Å². The maximum absolute atomic E-state index is 9.32. The Balaban J connectivity index is 2.93. The topological polar surface area (TPSA) is 91.4 Å². The summed E-state index contributed by atoms with van der Waals surface area (Å²) in [6, 6.07) is 3.67. The number of anilines is 1. The lowest BCUT2D eigenvalue weighted by Gasteiger charge is -2.31. The second kappa shape index (κ2) is 5.79. The molecule has 0 spiro atoms. The number of aliphatic hydroxyl groups excluding tert-OH is 2. The lowest BCUT2D eigenvalue weighted by molar-refractivity contribution is 0.132. The minimum Gasteiger partial charge on any atom is -0.394 e. The van der Waals surface area contributed by atoms with Gasteiger partial charge in [-0.3, -0.25) is 0 Å². The molecule has 0 aliphatic carbocycles. The first kappa shape index (κ1) is 12.9. The molecule has 90 valence electrons. The van der Waals surface area contributed by atoms with Gasteiger partial charge in [-0.2, -0.15) is 0 Å². The largest absolute Gasteiger partial charge is 0.394 e. The van der Waals surface area contributed by atoms with Crippen LogP contribution in [0.25, 0.3) is 0 Å². The van der Waals surface area contributed by atoms with Crippen LogP contribution in [0.15, 0.2) is 18.3 Å². The fraction of sp³-hybridized carbons (Fsp3) is 0.545. The minimum absolute atomic E-state index is 0.152. The van der Waals surface area contributed by atoms with Crippen molar-refractivity contribution in [1.29, 1.82) is 0 Å². The van der Waals surface area contributed by atoms with Gasteiger partial charge in [-0.15, -0.1) is 0 Å². The Labute approximate surface area is 95.3 Å². The molecule has 5 heteroatoms. The normalized spacial score (nSPS) is 11.5. The van der Waals surface area contributed by atoms with E-state index in [1.54, 1.807) is 12.3 Å². The molecule has 0 fully saturated rings. The van der Waals surface area contributed by atoms with Crippen LogP contribution in [0.1, 0.15) is 18.9 Å². The Bertz CT molecular complexity index is 318. The maximum Gasteiger partial charge on any atom is 0.131 e. The highest BCUT2D eigenvalue weighted by Gasteiger charge is 2.27. The van der Waals surface area contributed by atoms with E-state index in [-0.39, 0.29) is 13.2 Å².